The van der Waals surface area contributed by atoms with E-state index in [1.807, 2.05) is 0 Å². The molecule has 0 aliphatic carbocycles. The highest BCUT2D eigenvalue weighted by atomic mass is 32.2. The summed E-state index contributed by atoms with van der Waals surface area (Å²) in [6.07, 6.45) is 0.749. The summed E-state index contributed by atoms with van der Waals surface area (Å²) in [6.45, 7) is 3.10. The summed E-state index contributed by atoms with van der Waals surface area (Å²) >= 11 is 0. The first-order valence-corrected chi connectivity index (χ1v) is 9.20. The molecule has 128 valence electrons. The number of hydrogen-bond donors (Lipinski definition) is 1. The number of sulfonamides is 1. The Morgan fingerprint density at radius 2 is 2.08 bits per heavy atom. The van der Waals surface area contributed by atoms with Gasteiger partial charge in [-0.15, -0.1) is 0 Å². The number of rotatable bonds is 5. The van der Waals surface area contributed by atoms with Gasteiger partial charge in [-0.05, 0) is 49.2 Å². The van der Waals surface area contributed by atoms with E-state index in [9.17, 15) is 12.8 Å². The molecule has 0 saturated heterocycles. The fourth-order valence-corrected chi connectivity index (χ4v) is 3.57. The maximum absolute atomic E-state index is 13.1. The summed E-state index contributed by atoms with van der Waals surface area (Å²) in [4.78, 5) is 2.29. The van der Waals surface area contributed by atoms with Crippen LogP contribution >= 0.6 is 0 Å². The average molecular weight is 350 g/mol. The van der Waals surface area contributed by atoms with E-state index < -0.39 is 10.0 Å². The number of hydrogen-bond acceptors (Lipinski definition) is 4. The van der Waals surface area contributed by atoms with E-state index in [-0.39, 0.29) is 16.8 Å². The Morgan fingerprint density at radius 1 is 1.29 bits per heavy atom. The molecule has 3 rings (SSSR count). The zero-order chi connectivity index (χ0) is 17.3. The van der Waals surface area contributed by atoms with Gasteiger partial charge in [0.1, 0.15) is 18.2 Å². The highest BCUT2D eigenvalue weighted by molar-refractivity contribution is 7.89. The lowest BCUT2D eigenvalue weighted by molar-refractivity contribution is 0.319. The molecule has 1 atom stereocenters. The molecular formula is C17H19FN2O3S. The molecule has 0 fully saturated rings. The molecule has 0 bridgehead atoms. The minimum atomic E-state index is -3.70. The second kappa shape index (κ2) is 6.41. The van der Waals surface area contributed by atoms with Gasteiger partial charge < -0.3 is 9.64 Å². The second-order valence-electron chi connectivity index (χ2n) is 5.89. The molecule has 7 heteroatoms. The van der Waals surface area contributed by atoms with E-state index in [0.717, 1.165) is 17.7 Å². The highest BCUT2D eigenvalue weighted by Crippen LogP contribution is 2.33. The van der Waals surface area contributed by atoms with Crippen LogP contribution in [0.5, 0.6) is 5.75 Å². The van der Waals surface area contributed by atoms with Crippen molar-refractivity contribution < 1.29 is 17.5 Å². The van der Waals surface area contributed by atoms with Gasteiger partial charge in [-0.25, -0.2) is 17.9 Å². The number of halogens is 1. The average Bonchev–Trinajstić information content (AvgIpc) is 2.82. The third-order valence-electron chi connectivity index (χ3n) is 4.13. The zero-order valence-corrected chi connectivity index (χ0v) is 14.1. The van der Waals surface area contributed by atoms with Gasteiger partial charge in [-0.3, -0.25) is 0 Å². The van der Waals surface area contributed by atoms with Gasteiger partial charge in [-0.1, -0.05) is 6.07 Å². The number of benzene rings is 2. The number of primary sulfonamides is 1. The van der Waals surface area contributed by atoms with Crippen molar-refractivity contribution in [3.63, 3.8) is 0 Å². The summed E-state index contributed by atoms with van der Waals surface area (Å²) in [7, 11) is -3.70. The van der Waals surface area contributed by atoms with E-state index in [0.29, 0.717) is 18.9 Å². The van der Waals surface area contributed by atoms with Gasteiger partial charge in [-0.2, -0.15) is 0 Å². The molecule has 0 radical (unpaired) electrons. The Balaban J connectivity index is 1.70. The summed E-state index contributed by atoms with van der Waals surface area (Å²) < 4.78 is 41.7. The second-order valence-corrected chi connectivity index (χ2v) is 7.45. The summed E-state index contributed by atoms with van der Waals surface area (Å²) in [6, 6.07) is 11.2. The normalized spacial score (nSPS) is 17.0. The molecule has 0 spiro atoms. The van der Waals surface area contributed by atoms with E-state index in [4.69, 9.17) is 9.88 Å². The van der Waals surface area contributed by atoms with Crippen LogP contribution in [-0.4, -0.2) is 27.6 Å². The van der Waals surface area contributed by atoms with Gasteiger partial charge >= 0.3 is 0 Å². The first-order valence-electron chi connectivity index (χ1n) is 7.65. The molecule has 0 aromatic heterocycles. The molecule has 5 nitrogen and oxygen atoms in total. The number of nitrogens with two attached hydrogens (primary N) is 1. The third kappa shape index (κ3) is 3.52. The van der Waals surface area contributed by atoms with Crippen molar-refractivity contribution in [3.8, 4) is 5.75 Å². The van der Waals surface area contributed by atoms with Crippen molar-refractivity contribution >= 4 is 15.7 Å². The van der Waals surface area contributed by atoms with Gasteiger partial charge in [0.15, 0.2) is 0 Å². The zero-order valence-electron chi connectivity index (χ0n) is 13.3. The van der Waals surface area contributed by atoms with E-state index >= 15 is 0 Å². The SMILES string of the molecule is CC1Cc2cc(S(N)(=O)=O)ccc2N1CCOc1cccc(F)c1. The van der Waals surface area contributed by atoms with E-state index in [1.54, 1.807) is 24.3 Å². The number of ether oxygens (including phenoxy) is 1. The van der Waals surface area contributed by atoms with Crippen molar-refractivity contribution in [2.45, 2.75) is 24.3 Å². The van der Waals surface area contributed by atoms with Crippen LogP contribution in [0.25, 0.3) is 0 Å². The lowest BCUT2D eigenvalue weighted by Gasteiger charge is -2.25. The van der Waals surface area contributed by atoms with Crippen molar-refractivity contribution in [1.29, 1.82) is 0 Å². The van der Waals surface area contributed by atoms with Crippen LogP contribution in [0, 0.1) is 5.82 Å². The molecule has 2 aromatic rings. The Labute approximate surface area is 140 Å². The lowest BCUT2D eigenvalue weighted by atomic mass is 10.1. The summed E-state index contributed by atoms with van der Waals surface area (Å²) in [5.74, 6) is 0.162. The standard InChI is InChI=1S/C17H19FN2O3S/c1-12-9-13-10-16(24(19,21)22)5-6-17(13)20(12)7-8-23-15-4-2-3-14(18)11-15/h2-6,10-12H,7-9H2,1H3,(H2,19,21,22). The molecule has 1 aliphatic rings. The molecular weight excluding hydrogens is 331 g/mol. The summed E-state index contributed by atoms with van der Waals surface area (Å²) in [5.41, 5.74) is 1.94. The molecule has 2 aromatic carbocycles. The maximum atomic E-state index is 13.1. The quantitative estimate of drug-likeness (QED) is 0.898. The van der Waals surface area contributed by atoms with Crippen molar-refractivity contribution in [1.82, 2.24) is 0 Å². The van der Waals surface area contributed by atoms with E-state index in [2.05, 4.69) is 11.8 Å². The fourth-order valence-electron chi connectivity index (χ4n) is 3.01. The fraction of sp³-hybridized carbons (Fsp3) is 0.294. The largest absolute Gasteiger partial charge is 0.492 e. The van der Waals surface area contributed by atoms with Gasteiger partial charge in [0, 0.05) is 17.8 Å². The van der Waals surface area contributed by atoms with Crippen LogP contribution in [0.4, 0.5) is 10.1 Å². The highest BCUT2D eigenvalue weighted by Gasteiger charge is 2.27. The van der Waals surface area contributed by atoms with Gasteiger partial charge in [0.25, 0.3) is 0 Å². The Hall–Kier alpha value is -2.12. The number of fused-ring (bicyclic) bond motifs is 1. The Morgan fingerprint density at radius 3 is 2.79 bits per heavy atom. The first kappa shape index (κ1) is 16.7. The Kier molecular flexibility index (Phi) is 4.47. The van der Waals surface area contributed by atoms with Crippen LogP contribution in [0.3, 0.4) is 0 Å². The molecule has 2 N–H and O–H groups in total. The molecule has 1 aliphatic heterocycles. The monoisotopic (exact) mass is 350 g/mol. The molecule has 1 unspecified atom stereocenters. The smallest absolute Gasteiger partial charge is 0.238 e. The Bertz CT molecular complexity index is 855. The minimum absolute atomic E-state index is 0.131. The van der Waals surface area contributed by atoms with Crippen LogP contribution in [-0.2, 0) is 16.4 Å². The van der Waals surface area contributed by atoms with Crippen molar-refractivity contribution in [2.24, 2.45) is 5.14 Å². The molecule has 0 saturated carbocycles. The predicted octanol–water partition coefficient (Wildman–Crippen LogP) is 2.30. The third-order valence-corrected chi connectivity index (χ3v) is 5.04. The molecule has 1 heterocycles. The molecule has 24 heavy (non-hydrogen) atoms. The first-order chi connectivity index (χ1) is 11.3. The van der Waals surface area contributed by atoms with Crippen LogP contribution in [0.2, 0.25) is 0 Å². The number of anilines is 1. The minimum Gasteiger partial charge on any atom is -0.492 e. The van der Waals surface area contributed by atoms with Crippen LogP contribution in [0.1, 0.15) is 12.5 Å². The van der Waals surface area contributed by atoms with Gasteiger partial charge in [0.2, 0.25) is 10.0 Å². The summed E-state index contributed by atoms with van der Waals surface area (Å²) in [5, 5.41) is 5.18. The van der Waals surface area contributed by atoms with E-state index in [1.165, 1.54) is 18.2 Å². The topological polar surface area (TPSA) is 72.6 Å². The molecule has 0 amide bonds. The van der Waals surface area contributed by atoms with Crippen molar-refractivity contribution in [3.05, 3.63) is 53.8 Å². The van der Waals surface area contributed by atoms with Gasteiger partial charge in [0.05, 0.1) is 11.4 Å². The lowest BCUT2D eigenvalue weighted by Crippen LogP contribution is -2.33. The maximum Gasteiger partial charge on any atom is 0.238 e. The predicted molar refractivity (Wildman–Crippen MR) is 90.2 cm³/mol. The van der Waals surface area contributed by atoms with Crippen LogP contribution in [0.15, 0.2) is 47.4 Å². The van der Waals surface area contributed by atoms with Crippen molar-refractivity contribution in [2.75, 3.05) is 18.1 Å². The van der Waals surface area contributed by atoms with Crippen LogP contribution < -0.4 is 14.8 Å². The number of nitrogens with zero attached hydrogens (tertiary/aromatic N) is 1.